The van der Waals surface area contributed by atoms with Crippen molar-refractivity contribution in [3.05, 3.63) is 0 Å². The lowest BCUT2D eigenvalue weighted by atomic mass is 10.2. The molecule has 2 amide bonds. The van der Waals surface area contributed by atoms with E-state index in [1.54, 1.807) is 0 Å². The normalized spacial score (nSPS) is 32.0. The molecule has 2 N–H and O–H groups in total. The van der Waals surface area contributed by atoms with Crippen LogP contribution < -0.4 is 5.73 Å². The van der Waals surface area contributed by atoms with E-state index in [0.717, 1.165) is 19.3 Å². The lowest BCUT2D eigenvalue weighted by molar-refractivity contribution is -0.141. The van der Waals surface area contributed by atoms with Crippen LogP contribution in [0.5, 0.6) is 0 Å². The van der Waals surface area contributed by atoms with Gasteiger partial charge in [0.05, 0.1) is 11.8 Å². The number of fused-ring (bicyclic) bond motifs is 1. The fourth-order valence-corrected chi connectivity index (χ4v) is 2.04. The molecule has 0 spiro atoms. The smallest absolute Gasteiger partial charge is 0.233 e. The van der Waals surface area contributed by atoms with Gasteiger partial charge in [-0.25, -0.2) is 0 Å². The number of rotatable bonds is 4. The molecule has 0 bridgehead atoms. The lowest BCUT2D eigenvalue weighted by Crippen LogP contribution is -2.34. The quantitative estimate of drug-likeness (QED) is 0.649. The molecule has 1 aliphatic carbocycles. The minimum Gasteiger partial charge on any atom is -0.328 e. The van der Waals surface area contributed by atoms with Crippen LogP contribution in [-0.4, -0.2) is 29.3 Å². The van der Waals surface area contributed by atoms with E-state index in [4.69, 9.17) is 5.73 Å². The maximum absolute atomic E-state index is 11.5. The molecule has 0 aromatic carbocycles. The van der Waals surface area contributed by atoms with Gasteiger partial charge in [-0.15, -0.1) is 0 Å². The maximum Gasteiger partial charge on any atom is 0.233 e. The number of imide groups is 1. The van der Waals surface area contributed by atoms with Crippen LogP contribution in [-0.2, 0) is 9.59 Å². The van der Waals surface area contributed by atoms with Crippen LogP contribution in [0.3, 0.4) is 0 Å². The number of hydrogen-bond donors (Lipinski definition) is 1. The van der Waals surface area contributed by atoms with Crippen molar-refractivity contribution >= 4 is 11.8 Å². The Morgan fingerprint density at radius 1 is 1.43 bits per heavy atom. The molecule has 2 rings (SSSR count). The zero-order chi connectivity index (χ0) is 10.3. The first kappa shape index (κ1) is 9.65. The Bertz CT molecular complexity index is 255. The lowest BCUT2D eigenvalue weighted by Gasteiger charge is -2.16. The van der Waals surface area contributed by atoms with E-state index in [1.165, 1.54) is 4.90 Å². The summed E-state index contributed by atoms with van der Waals surface area (Å²) >= 11 is 0. The second-order valence-electron chi connectivity index (χ2n) is 4.40. The van der Waals surface area contributed by atoms with Gasteiger partial charge >= 0.3 is 0 Å². The molecule has 0 radical (unpaired) electrons. The van der Waals surface area contributed by atoms with E-state index >= 15 is 0 Å². The molecule has 0 aromatic heterocycles. The topological polar surface area (TPSA) is 63.4 Å². The highest BCUT2D eigenvalue weighted by Gasteiger charge is 2.58. The number of piperidine rings is 1. The zero-order valence-electron chi connectivity index (χ0n) is 8.40. The fourth-order valence-electron chi connectivity index (χ4n) is 2.04. The highest BCUT2D eigenvalue weighted by molar-refractivity contribution is 6.08. The molecule has 78 valence electrons. The summed E-state index contributed by atoms with van der Waals surface area (Å²) in [6.45, 7) is 2.50. The summed E-state index contributed by atoms with van der Waals surface area (Å²) in [5.41, 5.74) is 5.59. The van der Waals surface area contributed by atoms with E-state index in [-0.39, 0.29) is 29.7 Å². The van der Waals surface area contributed by atoms with Crippen LogP contribution in [0.25, 0.3) is 0 Å². The minimum atomic E-state index is 0.0396. The summed E-state index contributed by atoms with van der Waals surface area (Å²) in [5, 5.41) is 0. The van der Waals surface area contributed by atoms with E-state index < -0.39 is 0 Å². The summed E-state index contributed by atoms with van der Waals surface area (Å²) in [4.78, 5) is 24.4. The van der Waals surface area contributed by atoms with E-state index in [0.29, 0.717) is 6.54 Å². The van der Waals surface area contributed by atoms with Crippen LogP contribution >= 0.6 is 0 Å². The van der Waals surface area contributed by atoms with E-state index in [1.807, 2.05) is 6.92 Å². The van der Waals surface area contributed by atoms with Crippen LogP contribution in [0.2, 0.25) is 0 Å². The third-order valence-electron chi connectivity index (χ3n) is 3.00. The Hall–Kier alpha value is -0.900. The van der Waals surface area contributed by atoms with Crippen molar-refractivity contribution in [3.63, 3.8) is 0 Å². The number of amides is 2. The SMILES string of the molecule is CC(N)CCCN1C(=O)C2CC2C1=O. The molecule has 14 heavy (non-hydrogen) atoms. The predicted octanol–water partition coefficient (Wildman–Crippen LogP) is 0.119. The molecule has 1 aliphatic heterocycles. The van der Waals surface area contributed by atoms with Gasteiger partial charge in [0.25, 0.3) is 0 Å². The van der Waals surface area contributed by atoms with Crippen LogP contribution in [0, 0.1) is 11.8 Å². The fraction of sp³-hybridized carbons (Fsp3) is 0.800. The molecular formula is C10H16N2O2. The Morgan fingerprint density at radius 3 is 2.50 bits per heavy atom. The molecule has 1 saturated heterocycles. The molecule has 3 unspecified atom stereocenters. The molecule has 4 heteroatoms. The van der Waals surface area contributed by atoms with Gasteiger partial charge in [0.1, 0.15) is 0 Å². The number of nitrogens with zero attached hydrogens (tertiary/aromatic N) is 1. The van der Waals surface area contributed by atoms with Gasteiger partial charge in [0, 0.05) is 12.6 Å². The molecule has 3 atom stereocenters. The van der Waals surface area contributed by atoms with Crippen molar-refractivity contribution in [1.29, 1.82) is 0 Å². The van der Waals surface area contributed by atoms with Crippen molar-refractivity contribution in [2.45, 2.75) is 32.2 Å². The molecule has 2 aliphatic rings. The molecule has 4 nitrogen and oxygen atoms in total. The summed E-state index contributed by atoms with van der Waals surface area (Å²) in [6, 6.07) is 0.150. The minimum absolute atomic E-state index is 0.0396. The van der Waals surface area contributed by atoms with Gasteiger partial charge < -0.3 is 5.73 Å². The summed E-state index contributed by atoms with van der Waals surface area (Å²) in [6.07, 6.45) is 2.49. The third kappa shape index (κ3) is 1.54. The number of carbonyl (C=O) groups excluding carboxylic acids is 2. The van der Waals surface area contributed by atoms with Gasteiger partial charge in [-0.05, 0) is 26.2 Å². The summed E-state index contributed by atoms with van der Waals surface area (Å²) < 4.78 is 0. The number of carbonyl (C=O) groups is 2. The summed E-state index contributed by atoms with van der Waals surface area (Å²) in [5.74, 6) is 0.171. The summed E-state index contributed by atoms with van der Waals surface area (Å²) in [7, 11) is 0. The second kappa shape index (κ2) is 3.35. The monoisotopic (exact) mass is 196 g/mol. The van der Waals surface area contributed by atoms with Gasteiger partial charge in [0.2, 0.25) is 11.8 Å². The Labute approximate surface area is 83.4 Å². The highest BCUT2D eigenvalue weighted by atomic mass is 16.2. The van der Waals surface area contributed by atoms with Crippen molar-refractivity contribution < 1.29 is 9.59 Å². The Balaban J connectivity index is 1.81. The molecule has 2 fully saturated rings. The van der Waals surface area contributed by atoms with Gasteiger partial charge in [-0.2, -0.15) is 0 Å². The van der Waals surface area contributed by atoms with Gasteiger partial charge in [-0.1, -0.05) is 0 Å². The first-order valence-corrected chi connectivity index (χ1v) is 5.22. The van der Waals surface area contributed by atoms with Crippen LogP contribution in [0.1, 0.15) is 26.2 Å². The zero-order valence-corrected chi connectivity index (χ0v) is 8.40. The third-order valence-corrected chi connectivity index (χ3v) is 3.00. The average Bonchev–Trinajstić information content (AvgIpc) is 2.84. The second-order valence-corrected chi connectivity index (χ2v) is 4.40. The predicted molar refractivity (Wildman–Crippen MR) is 51.2 cm³/mol. The van der Waals surface area contributed by atoms with Gasteiger partial charge in [0.15, 0.2) is 0 Å². The standard InChI is InChI=1S/C10H16N2O2/c1-6(11)3-2-4-12-9(13)7-5-8(7)10(12)14/h6-8H,2-5,11H2,1H3. The first-order valence-electron chi connectivity index (χ1n) is 5.22. The van der Waals surface area contributed by atoms with Crippen molar-refractivity contribution in [3.8, 4) is 0 Å². The number of nitrogens with two attached hydrogens (primary N) is 1. The van der Waals surface area contributed by atoms with Crippen LogP contribution in [0.15, 0.2) is 0 Å². The Kier molecular flexibility index (Phi) is 2.31. The van der Waals surface area contributed by atoms with Crippen molar-refractivity contribution in [2.24, 2.45) is 17.6 Å². The Morgan fingerprint density at radius 2 is 2.00 bits per heavy atom. The first-order chi connectivity index (χ1) is 6.61. The number of hydrogen-bond acceptors (Lipinski definition) is 3. The van der Waals surface area contributed by atoms with Crippen molar-refractivity contribution in [2.75, 3.05) is 6.54 Å². The van der Waals surface area contributed by atoms with Crippen molar-refractivity contribution in [1.82, 2.24) is 4.90 Å². The number of likely N-dealkylation sites (tertiary alicyclic amines) is 1. The molecular weight excluding hydrogens is 180 g/mol. The van der Waals surface area contributed by atoms with E-state index in [9.17, 15) is 9.59 Å². The largest absolute Gasteiger partial charge is 0.328 e. The molecule has 1 saturated carbocycles. The van der Waals surface area contributed by atoms with Gasteiger partial charge in [-0.3, -0.25) is 14.5 Å². The molecule has 0 aromatic rings. The van der Waals surface area contributed by atoms with Crippen LogP contribution in [0.4, 0.5) is 0 Å². The molecule has 1 heterocycles. The highest BCUT2D eigenvalue weighted by Crippen LogP contribution is 2.46. The maximum atomic E-state index is 11.5. The average molecular weight is 196 g/mol. The van der Waals surface area contributed by atoms with E-state index in [2.05, 4.69) is 0 Å².